The highest BCUT2D eigenvalue weighted by Crippen LogP contribution is 2.30. The number of benzene rings is 2. The molecule has 0 atom stereocenters. The van der Waals surface area contributed by atoms with Crippen LogP contribution in [0.3, 0.4) is 0 Å². The summed E-state index contributed by atoms with van der Waals surface area (Å²) < 4.78 is 16.2. The molecule has 3 rings (SSSR count). The van der Waals surface area contributed by atoms with Crippen LogP contribution in [0.4, 0.5) is 0 Å². The molecule has 0 unspecified atom stereocenters. The van der Waals surface area contributed by atoms with Gasteiger partial charge in [-0.25, -0.2) is 4.79 Å². The van der Waals surface area contributed by atoms with Crippen LogP contribution in [0, 0.1) is 0 Å². The Morgan fingerprint density at radius 3 is 2.40 bits per heavy atom. The molecule has 1 aliphatic heterocycles. The van der Waals surface area contributed by atoms with E-state index < -0.39 is 5.97 Å². The van der Waals surface area contributed by atoms with Crippen molar-refractivity contribution >= 4 is 23.5 Å². The predicted octanol–water partition coefficient (Wildman–Crippen LogP) is 3.61. The normalized spacial score (nSPS) is 13.0. The summed E-state index contributed by atoms with van der Waals surface area (Å²) >= 11 is 1.59. The molecule has 5 nitrogen and oxygen atoms in total. The third kappa shape index (κ3) is 4.33. The summed E-state index contributed by atoms with van der Waals surface area (Å²) in [5.74, 6) is 0.363. The first-order valence-electron chi connectivity index (χ1n) is 7.91. The van der Waals surface area contributed by atoms with Crippen molar-refractivity contribution in [2.24, 2.45) is 0 Å². The minimum Gasteiger partial charge on any atom is -0.490 e. The average molecular weight is 358 g/mol. The quantitative estimate of drug-likeness (QED) is 0.462. The van der Waals surface area contributed by atoms with E-state index in [1.165, 1.54) is 0 Å². The van der Waals surface area contributed by atoms with Crippen molar-refractivity contribution < 1.29 is 23.8 Å². The van der Waals surface area contributed by atoms with Crippen molar-refractivity contribution in [1.29, 1.82) is 0 Å². The van der Waals surface area contributed by atoms with Crippen LogP contribution < -0.4 is 9.47 Å². The molecule has 0 bridgehead atoms. The zero-order chi connectivity index (χ0) is 17.6. The molecule has 0 aliphatic carbocycles. The third-order valence-electron chi connectivity index (χ3n) is 3.73. The highest BCUT2D eigenvalue weighted by Gasteiger charge is 2.16. The minimum atomic E-state index is -0.518. The molecule has 0 fully saturated rings. The van der Waals surface area contributed by atoms with Gasteiger partial charge in [0.05, 0.1) is 18.8 Å². The predicted molar refractivity (Wildman–Crippen MR) is 94.9 cm³/mol. The van der Waals surface area contributed by atoms with Gasteiger partial charge in [-0.3, -0.25) is 4.79 Å². The van der Waals surface area contributed by atoms with Gasteiger partial charge in [-0.2, -0.15) is 0 Å². The fourth-order valence-corrected chi connectivity index (χ4v) is 2.77. The first-order valence-corrected chi connectivity index (χ1v) is 9.14. The van der Waals surface area contributed by atoms with Crippen molar-refractivity contribution in [3.05, 3.63) is 53.6 Å². The van der Waals surface area contributed by atoms with E-state index in [0.717, 1.165) is 11.3 Å². The van der Waals surface area contributed by atoms with E-state index in [4.69, 9.17) is 14.2 Å². The number of Topliss-reactive ketones (excluding diaryl/α,β-unsaturated/α-hetero) is 1. The Labute approximate surface area is 150 Å². The summed E-state index contributed by atoms with van der Waals surface area (Å²) in [4.78, 5) is 25.4. The Morgan fingerprint density at radius 2 is 1.68 bits per heavy atom. The Balaban J connectivity index is 1.62. The van der Waals surface area contributed by atoms with Crippen molar-refractivity contribution in [2.45, 2.75) is 11.3 Å². The van der Waals surface area contributed by atoms with Gasteiger partial charge in [0.1, 0.15) is 0 Å². The van der Waals surface area contributed by atoms with Gasteiger partial charge in [0.2, 0.25) is 0 Å². The number of carbonyl (C=O) groups excluding carboxylic acids is 2. The van der Waals surface area contributed by atoms with Gasteiger partial charge >= 0.3 is 5.97 Å². The number of ether oxygens (including phenoxy) is 3. The Bertz CT molecular complexity index is 770. The first-order chi connectivity index (χ1) is 12.2. The summed E-state index contributed by atoms with van der Waals surface area (Å²) in [7, 11) is 0. The van der Waals surface area contributed by atoms with Crippen LogP contribution in [0.5, 0.6) is 11.5 Å². The molecular weight excluding hydrogens is 340 g/mol. The van der Waals surface area contributed by atoms with Gasteiger partial charge in [-0.05, 0) is 48.7 Å². The monoisotopic (exact) mass is 358 g/mol. The van der Waals surface area contributed by atoms with E-state index in [0.29, 0.717) is 35.8 Å². The molecule has 0 amide bonds. The SMILES string of the molecule is CSc1ccc(C(=O)OCC(=O)c2ccc3c(c2)OCCCO3)cc1. The smallest absolute Gasteiger partial charge is 0.338 e. The second kappa shape index (κ2) is 8.07. The Morgan fingerprint density at radius 1 is 1.00 bits per heavy atom. The maximum Gasteiger partial charge on any atom is 0.338 e. The number of hydrogen-bond acceptors (Lipinski definition) is 6. The molecule has 0 spiro atoms. The maximum atomic E-state index is 12.3. The fraction of sp³-hybridized carbons (Fsp3) is 0.263. The summed E-state index contributed by atoms with van der Waals surface area (Å²) in [6, 6.07) is 12.0. The highest BCUT2D eigenvalue weighted by atomic mass is 32.2. The van der Waals surface area contributed by atoms with Crippen LogP contribution in [0.15, 0.2) is 47.4 Å². The van der Waals surface area contributed by atoms with Gasteiger partial charge in [0.15, 0.2) is 23.9 Å². The number of esters is 1. The molecule has 0 saturated heterocycles. The van der Waals surface area contributed by atoms with E-state index in [-0.39, 0.29) is 12.4 Å². The van der Waals surface area contributed by atoms with Gasteiger partial charge in [-0.1, -0.05) is 0 Å². The van der Waals surface area contributed by atoms with Crippen molar-refractivity contribution in [1.82, 2.24) is 0 Å². The highest BCUT2D eigenvalue weighted by molar-refractivity contribution is 7.98. The average Bonchev–Trinajstić information content (AvgIpc) is 2.90. The van der Waals surface area contributed by atoms with Crippen molar-refractivity contribution in [3.63, 3.8) is 0 Å². The molecule has 130 valence electrons. The zero-order valence-corrected chi connectivity index (χ0v) is 14.6. The fourth-order valence-electron chi connectivity index (χ4n) is 2.36. The number of fused-ring (bicyclic) bond motifs is 1. The summed E-state index contributed by atoms with van der Waals surface area (Å²) in [5.41, 5.74) is 0.846. The van der Waals surface area contributed by atoms with Crippen molar-refractivity contribution in [2.75, 3.05) is 26.1 Å². The molecule has 0 aromatic heterocycles. The lowest BCUT2D eigenvalue weighted by Gasteiger charge is -2.09. The lowest BCUT2D eigenvalue weighted by molar-refractivity contribution is 0.0474. The van der Waals surface area contributed by atoms with Crippen LogP contribution in [-0.2, 0) is 4.74 Å². The molecule has 0 radical (unpaired) electrons. The van der Waals surface area contributed by atoms with Gasteiger partial charge in [0, 0.05) is 16.9 Å². The Hall–Kier alpha value is -2.47. The van der Waals surface area contributed by atoms with Crippen LogP contribution in [0.1, 0.15) is 27.1 Å². The Kier molecular flexibility index (Phi) is 5.60. The summed E-state index contributed by atoms with van der Waals surface area (Å²) in [6.45, 7) is 0.821. The zero-order valence-electron chi connectivity index (χ0n) is 13.8. The second-order valence-corrected chi connectivity index (χ2v) is 6.32. The second-order valence-electron chi connectivity index (χ2n) is 5.44. The number of rotatable bonds is 5. The van der Waals surface area contributed by atoms with Gasteiger partial charge in [0.25, 0.3) is 0 Å². The molecule has 25 heavy (non-hydrogen) atoms. The van der Waals surface area contributed by atoms with Crippen LogP contribution in [0.25, 0.3) is 0 Å². The van der Waals surface area contributed by atoms with E-state index in [2.05, 4.69) is 0 Å². The molecule has 1 aliphatic rings. The van der Waals surface area contributed by atoms with Crippen LogP contribution in [0.2, 0.25) is 0 Å². The molecule has 2 aromatic carbocycles. The van der Waals surface area contributed by atoms with E-state index >= 15 is 0 Å². The van der Waals surface area contributed by atoms with E-state index in [1.807, 2.05) is 18.4 Å². The van der Waals surface area contributed by atoms with Gasteiger partial charge < -0.3 is 14.2 Å². The van der Waals surface area contributed by atoms with E-state index in [1.54, 1.807) is 42.1 Å². The molecule has 2 aromatic rings. The topological polar surface area (TPSA) is 61.8 Å². The van der Waals surface area contributed by atoms with Crippen LogP contribution >= 0.6 is 11.8 Å². The molecule has 6 heteroatoms. The minimum absolute atomic E-state index is 0.287. The van der Waals surface area contributed by atoms with Crippen LogP contribution in [-0.4, -0.2) is 37.8 Å². The molecule has 0 N–H and O–H groups in total. The van der Waals surface area contributed by atoms with E-state index in [9.17, 15) is 9.59 Å². The first kappa shape index (κ1) is 17.4. The molecule has 1 heterocycles. The van der Waals surface area contributed by atoms with Gasteiger partial charge in [-0.15, -0.1) is 11.8 Å². The molecule has 0 saturated carbocycles. The largest absolute Gasteiger partial charge is 0.490 e. The number of hydrogen-bond donors (Lipinski definition) is 0. The summed E-state index contributed by atoms with van der Waals surface area (Å²) in [6.07, 6.45) is 2.76. The lowest BCUT2D eigenvalue weighted by atomic mass is 10.1. The molecular formula is C19H18O5S. The number of ketones is 1. The standard InChI is InChI=1S/C19H18O5S/c1-25-15-6-3-13(4-7-15)19(21)24-12-16(20)14-5-8-17-18(11-14)23-10-2-9-22-17/h3-8,11H,2,9-10,12H2,1H3. The number of thioether (sulfide) groups is 1. The number of carbonyl (C=O) groups is 2. The maximum absolute atomic E-state index is 12.3. The third-order valence-corrected chi connectivity index (χ3v) is 4.47. The van der Waals surface area contributed by atoms with Crippen molar-refractivity contribution in [3.8, 4) is 11.5 Å². The lowest BCUT2D eigenvalue weighted by Crippen LogP contribution is -2.14. The summed E-state index contributed by atoms with van der Waals surface area (Å²) in [5, 5.41) is 0.